The Morgan fingerprint density at radius 2 is 2.25 bits per heavy atom. The van der Waals surface area contributed by atoms with E-state index in [4.69, 9.17) is 5.73 Å². The van der Waals surface area contributed by atoms with Gasteiger partial charge in [0, 0.05) is 17.7 Å². The summed E-state index contributed by atoms with van der Waals surface area (Å²) in [6, 6.07) is 5.16. The molecule has 0 radical (unpaired) electrons. The number of ketones is 1. The number of aliphatic hydroxyl groups excluding tert-OH is 1. The molecular weight excluding hydrogens is 154 g/mol. The summed E-state index contributed by atoms with van der Waals surface area (Å²) in [4.78, 5) is 11.3. The maximum absolute atomic E-state index is 11.3. The van der Waals surface area contributed by atoms with Crippen LogP contribution in [0.1, 0.15) is 28.4 Å². The third-order valence-electron chi connectivity index (χ3n) is 2.15. The van der Waals surface area contributed by atoms with Crippen LogP contribution in [0.2, 0.25) is 0 Å². The number of anilines is 1. The van der Waals surface area contributed by atoms with Crippen LogP contribution in [0.3, 0.4) is 0 Å². The molecule has 0 fully saturated rings. The average molecular weight is 163 g/mol. The maximum Gasteiger partial charge on any atom is 0.168 e. The number of nitrogen functional groups attached to an aromatic ring is 1. The quantitative estimate of drug-likeness (QED) is 0.558. The lowest BCUT2D eigenvalue weighted by Gasteiger charge is -2.02. The highest BCUT2D eigenvalue weighted by Crippen LogP contribution is 2.33. The van der Waals surface area contributed by atoms with E-state index in [2.05, 4.69) is 0 Å². The Balaban J connectivity index is 2.67. The number of nitrogens with two attached hydrogens (primary N) is 1. The molecule has 0 heterocycles. The van der Waals surface area contributed by atoms with Crippen LogP contribution < -0.4 is 5.73 Å². The van der Waals surface area contributed by atoms with E-state index < -0.39 is 6.10 Å². The summed E-state index contributed by atoms with van der Waals surface area (Å²) >= 11 is 0. The number of carbonyl (C=O) groups is 1. The van der Waals surface area contributed by atoms with Gasteiger partial charge in [-0.15, -0.1) is 0 Å². The summed E-state index contributed by atoms with van der Waals surface area (Å²) in [6.45, 7) is 0. The molecule has 1 aliphatic rings. The topological polar surface area (TPSA) is 63.3 Å². The molecule has 0 amide bonds. The lowest BCUT2D eigenvalue weighted by Crippen LogP contribution is -1.98. The number of fused-ring (bicyclic) bond motifs is 1. The van der Waals surface area contributed by atoms with E-state index in [-0.39, 0.29) is 12.2 Å². The summed E-state index contributed by atoms with van der Waals surface area (Å²) in [5.74, 6) is -0.0596. The van der Waals surface area contributed by atoms with Gasteiger partial charge < -0.3 is 10.8 Å². The van der Waals surface area contributed by atoms with Gasteiger partial charge in [0.25, 0.3) is 0 Å². The van der Waals surface area contributed by atoms with Gasteiger partial charge in [0.2, 0.25) is 0 Å². The molecule has 2 rings (SSSR count). The minimum absolute atomic E-state index is 0.0596. The van der Waals surface area contributed by atoms with Crippen molar-refractivity contribution in [1.82, 2.24) is 0 Å². The van der Waals surface area contributed by atoms with Crippen LogP contribution in [0.5, 0.6) is 0 Å². The highest BCUT2D eigenvalue weighted by Gasteiger charge is 2.28. The van der Waals surface area contributed by atoms with E-state index in [0.717, 1.165) is 0 Å². The van der Waals surface area contributed by atoms with Gasteiger partial charge in [-0.25, -0.2) is 0 Å². The smallest absolute Gasteiger partial charge is 0.168 e. The number of hydrogen-bond donors (Lipinski definition) is 2. The molecule has 1 aromatic rings. The van der Waals surface area contributed by atoms with Crippen LogP contribution in [-0.4, -0.2) is 10.9 Å². The minimum Gasteiger partial charge on any atom is -0.398 e. The van der Waals surface area contributed by atoms with Crippen molar-refractivity contribution in [3.05, 3.63) is 29.3 Å². The molecule has 0 saturated heterocycles. The molecule has 0 spiro atoms. The van der Waals surface area contributed by atoms with Gasteiger partial charge >= 0.3 is 0 Å². The van der Waals surface area contributed by atoms with Gasteiger partial charge in [-0.05, 0) is 11.6 Å². The van der Waals surface area contributed by atoms with Gasteiger partial charge in [0.05, 0.1) is 6.10 Å². The van der Waals surface area contributed by atoms with Crippen molar-refractivity contribution in [3.8, 4) is 0 Å². The van der Waals surface area contributed by atoms with Crippen molar-refractivity contribution < 1.29 is 9.90 Å². The molecule has 0 aliphatic heterocycles. The van der Waals surface area contributed by atoms with Crippen LogP contribution in [0, 0.1) is 0 Å². The van der Waals surface area contributed by atoms with E-state index >= 15 is 0 Å². The van der Waals surface area contributed by atoms with Crippen molar-refractivity contribution in [2.75, 3.05) is 5.73 Å². The molecule has 0 saturated carbocycles. The predicted octanol–water partition coefficient (Wildman–Crippen LogP) is 0.889. The fraction of sp³-hybridized carbons (Fsp3) is 0.222. The van der Waals surface area contributed by atoms with E-state index in [1.54, 1.807) is 18.2 Å². The Hall–Kier alpha value is -1.35. The van der Waals surface area contributed by atoms with E-state index in [0.29, 0.717) is 16.8 Å². The lowest BCUT2D eigenvalue weighted by molar-refractivity contribution is 0.0930. The number of rotatable bonds is 0. The largest absolute Gasteiger partial charge is 0.398 e. The van der Waals surface area contributed by atoms with E-state index in [9.17, 15) is 9.90 Å². The van der Waals surface area contributed by atoms with Crippen molar-refractivity contribution in [3.63, 3.8) is 0 Å². The fourth-order valence-corrected chi connectivity index (χ4v) is 1.58. The molecule has 1 aromatic carbocycles. The minimum atomic E-state index is -0.656. The van der Waals surface area contributed by atoms with Crippen molar-refractivity contribution >= 4 is 11.5 Å². The Labute approximate surface area is 69.8 Å². The maximum atomic E-state index is 11.3. The SMILES string of the molecule is Nc1cccc2c1C(=O)C[C@H]2O. The number of aliphatic hydroxyl groups is 1. The molecule has 1 aliphatic carbocycles. The van der Waals surface area contributed by atoms with Gasteiger partial charge in [-0.3, -0.25) is 4.79 Å². The van der Waals surface area contributed by atoms with Crippen LogP contribution in [0.4, 0.5) is 5.69 Å². The molecule has 3 nitrogen and oxygen atoms in total. The normalized spacial score (nSPS) is 21.1. The Kier molecular flexibility index (Phi) is 1.41. The molecule has 62 valence electrons. The number of Topliss-reactive ketones (excluding diaryl/α,β-unsaturated/α-hetero) is 1. The lowest BCUT2D eigenvalue weighted by atomic mass is 10.1. The second-order valence-corrected chi connectivity index (χ2v) is 2.95. The molecule has 1 atom stereocenters. The zero-order chi connectivity index (χ0) is 8.72. The van der Waals surface area contributed by atoms with E-state index in [1.165, 1.54) is 0 Å². The zero-order valence-electron chi connectivity index (χ0n) is 6.45. The van der Waals surface area contributed by atoms with Crippen LogP contribution in [-0.2, 0) is 0 Å². The summed E-state index contributed by atoms with van der Waals surface area (Å²) in [7, 11) is 0. The Bertz CT molecular complexity index is 346. The van der Waals surface area contributed by atoms with Crippen molar-refractivity contribution in [1.29, 1.82) is 0 Å². The monoisotopic (exact) mass is 163 g/mol. The second kappa shape index (κ2) is 2.32. The first kappa shape index (κ1) is 7.31. The van der Waals surface area contributed by atoms with Crippen molar-refractivity contribution in [2.24, 2.45) is 0 Å². The summed E-state index contributed by atoms with van der Waals surface area (Å²) in [6.07, 6.45) is -0.486. The standard InChI is InChI=1S/C9H9NO2/c10-6-3-1-2-5-7(11)4-8(12)9(5)6/h1-3,7,11H,4,10H2/t7-/m1/s1. The fourth-order valence-electron chi connectivity index (χ4n) is 1.58. The van der Waals surface area contributed by atoms with Gasteiger partial charge in [-0.2, -0.15) is 0 Å². The first-order valence-corrected chi connectivity index (χ1v) is 3.80. The molecule has 12 heavy (non-hydrogen) atoms. The second-order valence-electron chi connectivity index (χ2n) is 2.95. The number of carbonyl (C=O) groups excluding carboxylic acids is 1. The molecule has 3 N–H and O–H groups in total. The molecule has 0 unspecified atom stereocenters. The first-order chi connectivity index (χ1) is 5.70. The zero-order valence-corrected chi connectivity index (χ0v) is 6.45. The van der Waals surface area contributed by atoms with E-state index in [1.807, 2.05) is 0 Å². The first-order valence-electron chi connectivity index (χ1n) is 3.80. The highest BCUT2D eigenvalue weighted by molar-refractivity contribution is 6.05. The molecular formula is C9H9NO2. The van der Waals surface area contributed by atoms with Gasteiger partial charge in [0.15, 0.2) is 5.78 Å². The van der Waals surface area contributed by atoms with Gasteiger partial charge in [-0.1, -0.05) is 12.1 Å². The predicted molar refractivity (Wildman–Crippen MR) is 44.8 cm³/mol. The number of benzene rings is 1. The summed E-state index contributed by atoms with van der Waals surface area (Å²) < 4.78 is 0. The molecule has 0 bridgehead atoms. The van der Waals surface area contributed by atoms with Crippen LogP contribution in [0.25, 0.3) is 0 Å². The van der Waals surface area contributed by atoms with Crippen LogP contribution >= 0.6 is 0 Å². The van der Waals surface area contributed by atoms with Gasteiger partial charge in [0.1, 0.15) is 0 Å². The highest BCUT2D eigenvalue weighted by atomic mass is 16.3. The Morgan fingerprint density at radius 3 is 2.92 bits per heavy atom. The number of hydrogen-bond acceptors (Lipinski definition) is 3. The van der Waals surface area contributed by atoms with Crippen molar-refractivity contribution in [2.45, 2.75) is 12.5 Å². The molecule has 0 aromatic heterocycles. The summed E-state index contributed by atoms with van der Waals surface area (Å²) in [5.41, 5.74) is 7.23. The third-order valence-corrected chi connectivity index (χ3v) is 2.15. The third kappa shape index (κ3) is 0.833. The Morgan fingerprint density at radius 1 is 1.50 bits per heavy atom. The summed E-state index contributed by atoms with van der Waals surface area (Å²) in [5, 5.41) is 9.40. The van der Waals surface area contributed by atoms with Crippen LogP contribution in [0.15, 0.2) is 18.2 Å². The molecule has 3 heteroatoms. The average Bonchev–Trinajstić information content (AvgIpc) is 2.29.